The Morgan fingerprint density at radius 1 is 1.31 bits per heavy atom. The van der Waals surface area contributed by atoms with Crippen LogP contribution >= 0.6 is 0 Å². The molecule has 1 saturated carbocycles. The molecule has 1 aromatic carbocycles. The third kappa shape index (κ3) is 3.30. The van der Waals surface area contributed by atoms with Gasteiger partial charge in [0.15, 0.2) is 0 Å². The monoisotopic (exact) mass is 353 g/mol. The van der Waals surface area contributed by atoms with Gasteiger partial charge in [-0.3, -0.25) is 9.59 Å². The van der Waals surface area contributed by atoms with Crippen molar-refractivity contribution < 1.29 is 4.79 Å². The largest absolute Gasteiger partial charge is 0.335 e. The van der Waals surface area contributed by atoms with Crippen molar-refractivity contribution in [3.63, 3.8) is 0 Å². The van der Waals surface area contributed by atoms with Crippen molar-refractivity contribution in [2.75, 3.05) is 6.54 Å². The maximum atomic E-state index is 13.1. The minimum Gasteiger partial charge on any atom is -0.335 e. The Morgan fingerprint density at radius 2 is 2.00 bits per heavy atom. The van der Waals surface area contributed by atoms with E-state index in [-0.39, 0.29) is 28.7 Å². The fourth-order valence-electron chi connectivity index (χ4n) is 3.75. The van der Waals surface area contributed by atoms with Crippen molar-refractivity contribution in [1.82, 2.24) is 14.9 Å². The first kappa shape index (κ1) is 18.4. The van der Waals surface area contributed by atoms with Crippen molar-refractivity contribution in [3.05, 3.63) is 52.1 Å². The molecule has 1 fully saturated rings. The number of aromatic nitrogens is 2. The van der Waals surface area contributed by atoms with Gasteiger partial charge in [-0.1, -0.05) is 37.6 Å². The van der Waals surface area contributed by atoms with Gasteiger partial charge in [-0.25, -0.2) is 4.98 Å². The first-order chi connectivity index (χ1) is 12.3. The Hall–Kier alpha value is -2.43. The van der Waals surface area contributed by atoms with Gasteiger partial charge in [0, 0.05) is 6.54 Å². The fraction of sp³-hybridized carbons (Fsp3) is 0.476. The third-order valence-electron chi connectivity index (χ3n) is 5.39. The summed E-state index contributed by atoms with van der Waals surface area (Å²) in [6, 6.07) is 7.25. The molecule has 2 atom stereocenters. The molecule has 138 valence electrons. The average Bonchev–Trinajstić information content (AvgIpc) is 3.11. The van der Waals surface area contributed by atoms with Crippen LogP contribution in [-0.2, 0) is 11.3 Å². The van der Waals surface area contributed by atoms with Crippen LogP contribution in [-0.4, -0.2) is 27.3 Å². The number of H-pyrrole nitrogens is 1. The lowest BCUT2D eigenvalue weighted by Crippen LogP contribution is -2.34. The molecule has 0 bridgehead atoms. The maximum Gasteiger partial charge on any atom is 0.258 e. The second kappa shape index (κ2) is 6.71. The number of nitrogens with zero attached hydrogens (tertiary/aromatic N) is 2. The summed E-state index contributed by atoms with van der Waals surface area (Å²) in [7, 11) is 0. The Kier molecular flexibility index (Phi) is 4.74. The lowest BCUT2D eigenvalue weighted by molar-refractivity contribution is -0.134. The SMILES string of the molecule is CCN(Cc1nc2ccccc2c(=O)[nH]1)C(=O)C1C(C=C(C)C)C1(C)C. The zero-order valence-electron chi connectivity index (χ0n) is 16.2. The van der Waals surface area contributed by atoms with Crippen LogP contribution in [0, 0.1) is 17.3 Å². The number of para-hydroxylation sites is 1. The van der Waals surface area contributed by atoms with E-state index in [1.807, 2.05) is 25.1 Å². The van der Waals surface area contributed by atoms with Gasteiger partial charge in [0.1, 0.15) is 5.82 Å². The topological polar surface area (TPSA) is 66.1 Å². The summed E-state index contributed by atoms with van der Waals surface area (Å²) < 4.78 is 0. The highest BCUT2D eigenvalue weighted by Crippen LogP contribution is 2.60. The van der Waals surface area contributed by atoms with Gasteiger partial charge in [-0.05, 0) is 44.2 Å². The zero-order valence-corrected chi connectivity index (χ0v) is 16.2. The molecule has 1 aromatic heterocycles. The predicted molar refractivity (Wildman–Crippen MR) is 104 cm³/mol. The number of fused-ring (bicyclic) bond motifs is 1. The number of allylic oxidation sites excluding steroid dienone is 2. The van der Waals surface area contributed by atoms with Gasteiger partial charge in [0.25, 0.3) is 5.56 Å². The molecule has 0 radical (unpaired) electrons. The van der Waals surface area contributed by atoms with Crippen molar-refractivity contribution in [1.29, 1.82) is 0 Å². The Morgan fingerprint density at radius 3 is 2.65 bits per heavy atom. The van der Waals surface area contributed by atoms with Crippen LogP contribution in [0.1, 0.15) is 40.4 Å². The van der Waals surface area contributed by atoms with E-state index in [9.17, 15) is 9.59 Å². The quantitative estimate of drug-likeness (QED) is 0.837. The van der Waals surface area contributed by atoms with E-state index in [0.29, 0.717) is 29.8 Å². The molecule has 0 aliphatic heterocycles. The second-order valence-electron chi connectivity index (χ2n) is 7.95. The number of aromatic amines is 1. The summed E-state index contributed by atoms with van der Waals surface area (Å²) in [5, 5.41) is 0.567. The molecule has 1 aliphatic rings. The van der Waals surface area contributed by atoms with Gasteiger partial charge in [0.2, 0.25) is 5.91 Å². The molecule has 3 rings (SSSR count). The first-order valence-electron chi connectivity index (χ1n) is 9.17. The second-order valence-corrected chi connectivity index (χ2v) is 7.95. The van der Waals surface area contributed by atoms with Crippen LogP contribution in [0.25, 0.3) is 10.9 Å². The summed E-state index contributed by atoms with van der Waals surface area (Å²) in [6.07, 6.45) is 2.20. The highest BCUT2D eigenvalue weighted by atomic mass is 16.2. The highest BCUT2D eigenvalue weighted by molar-refractivity contribution is 5.84. The molecule has 0 saturated heterocycles. The number of hydrogen-bond donors (Lipinski definition) is 1. The average molecular weight is 353 g/mol. The Balaban J connectivity index is 1.83. The van der Waals surface area contributed by atoms with Gasteiger partial charge in [0.05, 0.1) is 23.4 Å². The standard InChI is InChI=1S/C21H27N3O2/c1-6-24(20(26)18-15(11-13(2)3)21(18,4)5)12-17-22-16-10-8-7-9-14(16)19(25)23-17/h7-11,15,18H,6,12H2,1-5H3,(H,22,23,25). The molecular weight excluding hydrogens is 326 g/mol. The van der Waals surface area contributed by atoms with Crippen LogP contribution in [0.5, 0.6) is 0 Å². The fourth-order valence-corrected chi connectivity index (χ4v) is 3.75. The minimum atomic E-state index is -0.164. The van der Waals surface area contributed by atoms with Gasteiger partial charge in [-0.2, -0.15) is 0 Å². The summed E-state index contributed by atoms with van der Waals surface area (Å²) >= 11 is 0. The summed E-state index contributed by atoms with van der Waals surface area (Å²) in [4.78, 5) is 34.5. The van der Waals surface area contributed by atoms with Gasteiger partial charge >= 0.3 is 0 Å². The van der Waals surface area contributed by atoms with E-state index in [1.165, 1.54) is 5.57 Å². The predicted octanol–water partition coefficient (Wildman–Crippen LogP) is 3.51. The molecule has 1 heterocycles. The third-order valence-corrected chi connectivity index (χ3v) is 5.39. The van der Waals surface area contributed by atoms with Crippen LogP contribution in [0.4, 0.5) is 0 Å². The van der Waals surface area contributed by atoms with Gasteiger partial charge < -0.3 is 9.88 Å². The van der Waals surface area contributed by atoms with Gasteiger partial charge in [-0.15, -0.1) is 0 Å². The number of carbonyl (C=O) groups is 1. The number of carbonyl (C=O) groups excluding carboxylic acids is 1. The van der Waals surface area contributed by atoms with Crippen molar-refractivity contribution in [2.45, 2.75) is 41.2 Å². The van der Waals surface area contributed by atoms with E-state index < -0.39 is 0 Å². The first-order valence-corrected chi connectivity index (χ1v) is 9.17. The Labute approximate surface area is 154 Å². The van der Waals surface area contributed by atoms with E-state index in [2.05, 4.69) is 43.7 Å². The number of amides is 1. The molecular formula is C21H27N3O2. The van der Waals surface area contributed by atoms with Crippen LogP contribution in [0.15, 0.2) is 40.7 Å². The van der Waals surface area contributed by atoms with Crippen LogP contribution in [0.2, 0.25) is 0 Å². The smallest absolute Gasteiger partial charge is 0.258 e. The van der Waals surface area contributed by atoms with Crippen molar-refractivity contribution in [3.8, 4) is 0 Å². The summed E-state index contributed by atoms with van der Waals surface area (Å²) in [5.74, 6) is 0.930. The number of hydrogen-bond acceptors (Lipinski definition) is 3. The number of benzene rings is 1. The lowest BCUT2D eigenvalue weighted by Gasteiger charge is -2.21. The van der Waals surface area contributed by atoms with E-state index >= 15 is 0 Å². The highest BCUT2D eigenvalue weighted by Gasteiger charge is 2.61. The molecule has 1 N–H and O–H groups in total. The zero-order chi connectivity index (χ0) is 19.1. The molecule has 1 aliphatic carbocycles. The number of nitrogens with one attached hydrogen (secondary N) is 1. The molecule has 1 amide bonds. The summed E-state index contributed by atoms with van der Waals surface area (Å²) in [5.41, 5.74) is 1.71. The van der Waals surface area contributed by atoms with Crippen molar-refractivity contribution in [2.24, 2.45) is 17.3 Å². The van der Waals surface area contributed by atoms with Crippen LogP contribution in [0.3, 0.4) is 0 Å². The van der Waals surface area contributed by atoms with E-state index in [1.54, 1.807) is 11.0 Å². The van der Waals surface area contributed by atoms with E-state index in [0.717, 1.165) is 0 Å². The molecule has 2 aromatic rings. The Bertz CT molecular complexity index is 922. The summed E-state index contributed by atoms with van der Waals surface area (Å²) in [6.45, 7) is 11.3. The van der Waals surface area contributed by atoms with E-state index in [4.69, 9.17) is 0 Å². The molecule has 0 spiro atoms. The lowest BCUT2D eigenvalue weighted by atomic mass is 10.1. The maximum absolute atomic E-state index is 13.1. The molecule has 26 heavy (non-hydrogen) atoms. The molecule has 5 heteroatoms. The minimum absolute atomic E-state index is 0.00970. The van der Waals surface area contributed by atoms with Crippen molar-refractivity contribution >= 4 is 16.8 Å². The molecule has 5 nitrogen and oxygen atoms in total. The molecule has 2 unspecified atom stereocenters. The van der Waals surface area contributed by atoms with Crippen LogP contribution < -0.4 is 5.56 Å². The normalized spacial score (nSPS) is 20.7. The number of rotatable bonds is 5.